The van der Waals surface area contributed by atoms with Crippen molar-refractivity contribution in [2.45, 2.75) is 26.4 Å². The number of rotatable bonds is 5. The average Bonchev–Trinajstić information content (AvgIpc) is 2.42. The highest BCUT2D eigenvalue weighted by Crippen LogP contribution is 2.30. The Morgan fingerprint density at radius 3 is 2.19 bits per heavy atom. The molecule has 2 nitrogen and oxygen atoms in total. The summed E-state index contributed by atoms with van der Waals surface area (Å²) in [6.07, 6.45) is 0. The van der Waals surface area contributed by atoms with E-state index in [1.165, 1.54) is 30.3 Å². The van der Waals surface area contributed by atoms with Crippen molar-refractivity contribution in [3.05, 3.63) is 59.4 Å². The number of hydrogen-bond donors (Lipinski definition) is 1. The van der Waals surface area contributed by atoms with Gasteiger partial charge in [0.1, 0.15) is 0 Å². The van der Waals surface area contributed by atoms with Crippen LogP contribution in [-0.2, 0) is 6.54 Å². The van der Waals surface area contributed by atoms with Gasteiger partial charge in [-0.25, -0.2) is 13.2 Å². The Bertz CT molecular complexity index is 606. The Labute approximate surface area is 121 Å². The number of benzene rings is 2. The third-order valence-corrected chi connectivity index (χ3v) is 2.82. The summed E-state index contributed by atoms with van der Waals surface area (Å²) in [5.41, 5.74) is 0.458. The zero-order chi connectivity index (χ0) is 15.4. The fraction of sp³-hybridized carbons (Fsp3) is 0.250. The van der Waals surface area contributed by atoms with Gasteiger partial charge < -0.3 is 10.1 Å². The van der Waals surface area contributed by atoms with Gasteiger partial charge in [-0.05, 0) is 29.8 Å². The van der Waals surface area contributed by atoms with Gasteiger partial charge in [-0.2, -0.15) is 0 Å². The van der Waals surface area contributed by atoms with E-state index < -0.39 is 23.2 Å². The molecule has 2 aromatic carbocycles. The maximum absolute atomic E-state index is 13.9. The third-order valence-electron chi connectivity index (χ3n) is 2.82. The Kier molecular flexibility index (Phi) is 4.85. The minimum atomic E-state index is -0.862. The van der Waals surface area contributed by atoms with E-state index in [1.807, 2.05) is 13.8 Å². The van der Waals surface area contributed by atoms with Crippen LogP contribution in [0.25, 0.3) is 0 Å². The molecule has 112 valence electrons. The quantitative estimate of drug-likeness (QED) is 0.883. The number of hydrogen-bond acceptors (Lipinski definition) is 2. The number of nitrogens with one attached hydrogen (secondary N) is 1. The second-order valence-corrected chi connectivity index (χ2v) is 4.96. The van der Waals surface area contributed by atoms with Crippen molar-refractivity contribution < 1.29 is 17.9 Å². The van der Waals surface area contributed by atoms with Crippen LogP contribution in [0.2, 0.25) is 0 Å². The van der Waals surface area contributed by atoms with Gasteiger partial charge in [0.15, 0.2) is 29.0 Å². The van der Waals surface area contributed by atoms with E-state index in [4.69, 9.17) is 4.74 Å². The van der Waals surface area contributed by atoms with E-state index in [1.54, 1.807) is 0 Å². The molecule has 1 N–H and O–H groups in total. The molecule has 0 atom stereocenters. The first-order valence-corrected chi connectivity index (χ1v) is 6.61. The van der Waals surface area contributed by atoms with E-state index >= 15 is 0 Å². The molecule has 0 spiro atoms. The molecule has 0 amide bonds. The number of para-hydroxylation sites is 1. The van der Waals surface area contributed by atoms with Crippen LogP contribution >= 0.6 is 0 Å². The molecule has 0 saturated heterocycles. The molecule has 0 aliphatic carbocycles. The minimum Gasteiger partial charge on any atom is -0.448 e. The predicted molar refractivity (Wildman–Crippen MR) is 74.8 cm³/mol. The van der Waals surface area contributed by atoms with Crippen LogP contribution in [0, 0.1) is 17.5 Å². The summed E-state index contributed by atoms with van der Waals surface area (Å²) in [5, 5.41) is 3.06. The van der Waals surface area contributed by atoms with Crippen molar-refractivity contribution in [2.24, 2.45) is 0 Å². The Morgan fingerprint density at radius 1 is 1.00 bits per heavy atom. The first-order valence-electron chi connectivity index (χ1n) is 6.61. The summed E-state index contributed by atoms with van der Waals surface area (Å²) in [4.78, 5) is 0. The van der Waals surface area contributed by atoms with Gasteiger partial charge in [-0.15, -0.1) is 0 Å². The fourth-order valence-corrected chi connectivity index (χ4v) is 1.77. The maximum Gasteiger partial charge on any atom is 0.198 e. The molecule has 0 heterocycles. The molecule has 0 aliphatic heterocycles. The molecule has 0 aromatic heterocycles. The lowest BCUT2D eigenvalue weighted by molar-refractivity contribution is 0.386. The number of ether oxygens (including phenoxy) is 1. The van der Waals surface area contributed by atoms with Crippen LogP contribution in [0.1, 0.15) is 19.4 Å². The van der Waals surface area contributed by atoms with E-state index in [-0.39, 0.29) is 11.8 Å². The lowest BCUT2D eigenvalue weighted by Crippen LogP contribution is -2.22. The van der Waals surface area contributed by atoms with Gasteiger partial charge in [-0.1, -0.05) is 26.0 Å². The Hall–Kier alpha value is -2.01. The standard InChI is InChI=1S/C16H16F3NO/c1-10(2)20-9-11-7-13(18)16(14(19)8-11)21-15-6-4-3-5-12(15)17/h3-8,10,20H,9H2,1-2H3. The fourth-order valence-electron chi connectivity index (χ4n) is 1.77. The van der Waals surface area contributed by atoms with Crippen molar-refractivity contribution in [2.75, 3.05) is 0 Å². The van der Waals surface area contributed by atoms with Crippen LogP contribution < -0.4 is 10.1 Å². The van der Waals surface area contributed by atoms with Crippen LogP contribution in [0.4, 0.5) is 13.2 Å². The summed E-state index contributed by atoms with van der Waals surface area (Å²) in [6.45, 7) is 4.20. The van der Waals surface area contributed by atoms with E-state index in [0.29, 0.717) is 12.1 Å². The van der Waals surface area contributed by atoms with Crippen molar-refractivity contribution in [1.29, 1.82) is 0 Å². The van der Waals surface area contributed by atoms with Gasteiger partial charge >= 0.3 is 0 Å². The van der Waals surface area contributed by atoms with Gasteiger partial charge in [0.25, 0.3) is 0 Å². The highest BCUT2D eigenvalue weighted by molar-refractivity contribution is 5.36. The van der Waals surface area contributed by atoms with Crippen molar-refractivity contribution in [3.63, 3.8) is 0 Å². The molecule has 2 rings (SSSR count). The highest BCUT2D eigenvalue weighted by Gasteiger charge is 2.15. The molecule has 0 aliphatic rings. The molecule has 0 fully saturated rings. The first kappa shape index (κ1) is 15.4. The van der Waals surface area contributed by atoms with Crippen molar-refractivity contribution in [1.82, 2.24) is 5.32 Å². The van der Waals surface area contributed by atoms with Crippen LogP contribution in [0.5, 0.6) is 11.5 Å². The summed E-state index contributed by atoms with van der Waals surface area (Å²) in [7, 11) is 0. The molecular formula is C16H16F3NO. The average molecular weight is 295 g/mol. The Morgan fingerprint density at radius 2 is 1.62 bits per heavy atom. The molecule has 0 saturated carbocycles. The molecule has 0 bridgehead atoms. The second-order valence-electron chi connectivity index (χ2n) is 4.96. The molecule has 5 heteroatoms. The zero-order valence-electron chi connectivity index (χ0n) is 11.8. The maximum atomic E-state index is 13.9. The van der Waals surface area contributed by atoms with Crippen LogP contribution in [-0.4, -0.2) is 6.04 Å². The Balaban J connectivity index is 2.23. The summed E-state index contributed by atoms with van der Waals surface area (Å²) in [6, 6.07) is 8.01. The highest BCUT2D eigenvalue weighted by atomic mass is 19.1. The minimum absolute atomic E-state index is 0.200. The second kappa shape index (κ2) is 6.63. The molecule has 0 radical (unpaired) electrons. The third kappa shape index (κ3) is 3.98. The molecule has 2 aromatic rings. The normalized spacial score (nSPS) is 11.0. The van der Waals surface area contributed by atoms with Crippen molar-refractivity contribution >= 4 is 0 Å². The predicted octanol–water partition coefficient (Wildman–Crippen LogP) is 4.39. The SMILES string of the molecule is CC(C)NCc1cc(F)c(Oc2ccccc2F)c(F)c1. The lowest BCUT2D eigenvalue weighted by Gasteiger charge is -2.12. The van der Waals surface area contributed by atoms with Gasteiger partial charge in [0, 0.05) is 12.6 Å². The largest absolute Gasteiger partial charge is 0.448 e. The molecular weight excluding hydrogens is 279 g/mol. The summed E-state index contributed by atoms with van der Waals surface area (Å²) < 4.78 is 46.3. The van der Waals surface area contributed by atoms with Crippen molar-refractivity contribution in [3.8, 4) is 11.5 Å². The van der Waals surface area contributed by atoms with E-state index in [9.17, 15) is 13.2 Å². The molecule has 0 unspecified atom stereocenters. The number of halogens is 3. The van der Waals surface area contributed by atoms with E-state index in [0.717, 1.165) is 6.07 Å². The monoisotopic (exact) mass is 295 g/mol. The van der Waals surface area contributed by atoms with Gasteiger partial charge in [0.05, 0.1) is 0 Å². The summed E-state index contributed by atoms with van der Waals surface area (Å²) in [5.74, 6) is -3.23. The van der Waals surface area contributed by atoms with Gasteiger partial charge in [0.2, 0.25) is 0 Å². The molecule has 21 heavy (non-hydrogen) atoms. The zero-order valence-corrected chi connectivity index (χ0v) is 11.8. The van der Waals surface area contributed by atoms with E-state index in [2.05, 4.69) is 5.32 Å². The van der Waals surface area contributed by atoms with Crippen LogP contribution in [0.3, 0.4) is 0 Å². The van der Waals surface area contributed by atoms with Gasteiger partial charge in [-0.3, -0.25) is 0 Å². The van der Waals surface area contributed by atoms with Crippen LogP contribution in [0.15, 0.2) is 36.4 Å². The first-order chi connectivity index (χ1) is 9.97. The topological polar surface area (TPSA) is 21.3 Å². The smallest absolute Gasteiger partial charge is 0.198 e. The lowest BCUT2D eigenvalue weighted by atomic mass is 10.2. The summed E-state index contributed by atoms with van der Waals surface area (Å²) >= 11 is 0.